The Hall–Kier alpha value is -1.06. The lowest BCUT2D eigenvalue weighted by atomic mass is 10.1. The fraction of sp³-hybridized carbons (Fsp3) is 0.600. The summed E-state index contributed by atoms with van der Waals surface area (Å²) in [5, 5.41) is 0. The third-order valence-corrected chi connectivity index (χ3v) is 2.96. The molecule has 1 aromatic rings. The van der Waals surface area contributed by atoms with Gasteiger partial charge in [0.05, 0.1) is 19.8 Å². The van der Waals surface area contributed by atoms with Gasteiger partial charge in [-0.1, -0.05) is 38.3 Å². The predicted octanol–water partition coefficient (Wildman–Crippen LogP) is 3.29. The van der Waals surface area contributed by atoms with Crippen LogP contribution in [0.3, 0.4) is 0 Å². The van der Waals surface area contributed by atoms with Crippen molar-refractivity contribution in [2.75, 3.05) is 20.3 Å². The average Bonchev–Trinajstić information content (AvgIpc) is 2.42. The van der Waals surface area contributed by atoms with E-state index in [1.807, 2.05) is 24.3 Å². The Balaban J connectivity index is 2.25. The smallest absolute Gasteiger partial charge is 0.119 e. The van der Waals surface area contributed by atoms with Crippen molar-refractivity contribution < 1.29 is 9.47 Å². The third-order valence-electron chi connectivity index (χ3n) is 2.96. The third kappa shape index (κ3) is 5.52. The molecule has 1 rings (SSSR count). The zero-order valence-electron chi connectivity index (χ0n) is 11.5. The highest BCUT2D eigenvalue weighted by molar-refractivity contribution is 5.30. The van der Waals surface area contributed by atoms with Crippen molar-refractivity contribution in [1.82, 2.24) is 0 Å². The van der Waals surface area contributed by atoms with E-state index in [1.54, 1.807) is 7.11 Å². The molecular weight excluding hydrogens is 226 g/mol. The fourth-order valence-corrected chi connectivity index (χ4v) is 1.81. The zero-order valence-corrected chi connectivity index (χ0v) is 11.5. The molecule has 0 fully saturated rings. The van der Waals surface area contributed by atoms with Crippen LogP contribution in [0, 0.1) is 0 Å². The van der Waals surface area contributed by atoms with Gasteiger partial charge in [0.1, 0.15) is 5.75 Å². The molecule has 0 saturated heterocycles. The van der Waals surface area contributed by atoms with Gasteiger partial charge in [0.25, 0.3) is 0 Å². The number of nitrogens with two attached hydrogens (primary N) is 1. The summed E-state index contributed by atoms with van der Waals surface area (Å²) >= 11 is 0. The summed E-state index contributed by atoms with van der Waals surface area (Å²) in [7, 11) is 1.66. The Labute approximate surface area is 110 Å². The minimum absolute atomic E-state index is 0.0775. The van der Waals surface area contributed by atoms with Crippen LogP contribution in [0.15, 0.2) is 24.3 Å². The van der Waals surface area contributed by atoms with Gasteiger partial charge in [0, 0.05) is 6.61 Å². The molecule has 0 aliphatic carbocycles. The first-order chi connectivity index (χ1) is 8.77. The Morgan fingerprint density at radius 3 is 2.78 bits per heavy atom. The topological polar surface area (TPSA) is 44.5 Å². The molecule has 2 N–H and O–H groups in total. The molecule has 0 amide bonds. The second kappa shape index (κ2) is 8.95. The predicted molar refractivity (Wildman–Crippen MR) is 74.9 cm³/mol. The Bertz CT molecular complexity index is 328. The normalized spacial score (nSPS) is 12.4. The monoisotopic (exact) mass is 251 g/mol. The summed E-state index contributed by atoms with van der Waals surface area (Å²) in [6.07, 6.45) is 4.90. The summed E-state index contributed by atoms with van der Waals surface area (Å²) in [6.45, 7) is 3.58. The number of methoxy groups -OCH3 is 1. The standard InChI is InChI=1S/C15H25NO2/c1-3-4-5-6-10-18-12-15(16)13-8-7-9-14(11-13)17-2/h7-9,11,15H,3-6,10,12,16H2,1-2H3. The van der Waals surface area contributed by atoms with Crippen LogP contribution in [-0.2, 0) is 4.74 Å². The summed E-state index contributed by atoms with van der Waals surface area (Å²) in [5.41, 5.74) is 7.14. The largest absolute Gasteiger partial charge is 0.497 e. The van der Waals surface area contributed by atoms with Gasteiger partial charge >= 0.3 is 0 Å². The molecule has 0 spiro atoms. The van der Waals surface area contributed by atoms with Gasteiger partial charge < -0.3 is 15.2 Å². The van der Waals surface area contributed by atoms with Crippen molar-refractivity contribution in [3.8, 4) is 5.75 Å². The molecule has 0 bridgehead atoms. The number of unbranched alkanes of at least 4 members (excludes halogenated alkanes) is 3. The zero-order chi connectivity index (χ0) is 13.2. The SMILES string of the molecule is CCCCCCOCC(N)c1cccc(OC)c1. The van der Waals surface area contributed by atoms with Gasteiger partial charge in [-0.2, -0.15) is 0 Å². The van der Waals surface area contributed by atoms with Gasteiger partial charge in [-0.3, -0.25) is 0 Å². The first-order valence-corrected chi connectivity index (χ1v) is 6.75. The molecule has 1 atom stereocenters. The number of rotatable bonds is 9. The molecule has 18 heavy (non-hydrogen) atoms. The van der Waals surface area contributed by atoms with E-state index in [-0.39, 0.29) is 6.04 Å². The fourth-order valence-electron chi connectivity index (χ4n) is 1.81. The molecule has 0 aliphatic heterocycles. The van der Waals surface area contributed by atoms with Crippen molar-refractivity contribution in [2.45, 2.75) is 38.6 Å². The van der Waals surface area contributed by atoms with Crippen LogP contribution in [0.5, 0.6) is 5.75 Å². The number of hydrogen-bond acceptors (Lipinski definition) is 3. The Kier molecular flexibility index (Phi) is 7.46. The second-order valence-electron chi connectivity index (χ2n) is 4.52. The molecule has 0 heterocycles. The van der Waals surface area contributed by atoms with Crippen LogP contribution in [0.1, 0.15) is 44.2 Å². The highest BCUT2D eigenvalue weighted by Crippen LogP contribution is 2.17. The van der Waals surface area contributed by atoms with E-state index in [0.717, 1.165) is 24.3 Å². The highest BCUT2D eigenvalue weighted by atomic mass is 16.5. The molecule has 0 aromatic heterocycles. The first-order valence-electron chi connectivity index (χ1n) is 6.75. The van der Waals surface area contributed by atoms with Crippen molar-refractivity contribution in [3.05, 3.63) is 29.8 Å². The van der Waals surface area contributed by atoms with Crippen molar-refractivity contribution in [1.29, 1.82) is 0 Å². The summed E-state index contributed by atoms with van der Waals surface area (Å²) < 4.78 is 10.8. The Morgan fingerprint density at radius 1 is 1.22 bits per heavy atom. The van der Waals surface area contributed by atoms with E-state index in [2.05, 4.69) is 6.92 Å². The molecule has 0 aliphatic rings. The summed E-state index contributed by atoms with van der Waals surface area (Å²) in [5.74, 6) is 0.839. The van der Waals surface area contributed by atoms with E-state index in [4.69, 9.17) is 15.2 Å². The number of benzene rings is 1. The maximum absolute atomic E-state index is 6.08. The van der Waals surface area contributed by atoms with E-state index < -0.39 is 0 Å². The van der Waals surface area contributed by atoms with Gasteiger partial charge in [-0.05, 0) is 24.1 Å². The minimum Gasteiger partial charge on any atom is -0.497 e. The highest BCUT2D eigenvalue weighted by Gasteiger charge is 2.06. The molecule has 1 aromatic carbocycles. The van der Waals surface area contributed by atoms with Crippen LogP contribution in [0.4, 0.5) is 0 Å². The quantitative estimate of drug-likeness (QED) is 0.685. The van der Waals surface area contributed by atoms with E-state index in [1.165, 1.54) is 19.3 Å². The van der Waals surface area contributed by atoms with Crippen LogP contribution >= 0.6 is 0 Å². The first kappa shape index (κ1) is 15.0. The lowest BCUT2D eigenvalue weighted by Gasteiger charge is -2.13. The van der Waals surface area contributed by atoms with E-state index in [9.17, 15) is 0 Å². The molecule has 0 radical (unpaired) electrons. The molecular formula is C15H25NO2. The van der Waals surface area contributed by atoms with Crippen molar-refractivity contribution in [3.63, 3.8) is 0 Å². The van der Waals surface area contributed by atoms with Gasteiger partial charge in [-0.25, -0.2) is 0 Å². The molecule has 3 nitrogen and oxygen atoms in total. The number of hydrogen-bond donors (Lipinski definition) is 1. The van der Waals surface area contributed by atoms with Crippen molar-refractivity contribution >= 4 is 0 Å². The lowest BCUT2D eigenvalue weighted by Crippen LogP contribution is -2.17. The van der Waals surface area contributed by atoms with Crippen LogP contribution < -0.4 is 10.5 Å². The average molecular weight is 251 g/mol. The van der Waals surface area contributed by atoms with Crippen LogP contribution in [0.2, 0.25) is 0 Å². The lowest BCUT2D eigenvalue weighted by molar-refractivity contribution is 0.117. The minimum atomic E-state index is -0.0775. The molecule has 0 saturated carbocycles. The summed E-state index contributed by atoms with van der Waals surface area (Å²) in [4.78, 5) is 0. The molecule has 1 unspecified atom stereocenters. The summed E-state index contributed by atoms with van der Waals surface area (Å²) in [6, 6.07) is 7.77. The maximum atomic E-state index is 6.08. The molecule has 3 heteroatoms. The molecule has 102 valence electrons. The van der Waals surface area contributed by atoms with Gasteiger partial charge in [0.2, 0.25) is 0 Å². The van der Waals surface area contributed by atoms with Crippen LogP contribution in [0.25, 0.3) is 0 Å². The van der Waals surface area contributed by atoms with Gasteiger partial charge in [0.15, 0.2) is 0 Å². The number of ether oxygens (including phenoxy) is 2. The van der Waals surface area contributed by atoms with E-state index in [0.29, 0.717) is 6.61 Å². The van der Waals surface area contributed by atoms with Crippen LogP contribution in [-0.4, -0.2) is 20.3 Å². The Morgan fingerprint density at radius 2 is 2.06 bits per heavy atom. The maximum Gasteiger partial charge on any atom is 0.119 e. The van der Waals surface area contributed by atoms with E-state index >= 15 is 0 Å². The second-order valence-corrected chi connectivity index (χ2v) is 4.52. The van der Waals surface area contributed by atoms with Gasteiger partial charge in [-0.15, -0.1) is 0 Å². The van der Waals surface area contributed by atoms with Crippen molar-refractivity contribution in [2.24, 2.45) is 5.73 Å².